The van der Waals surface area contributed by atoms with Gasteiger partial charge in [0.15, 0.2) is 0 Å². The lowest BCUT2D eigenvalue weighted by atomic mass is 10.3. The van der Waals surface area contributed by atoms with Crippen molar-refractivity contribution in [2.45, 2.75) is 6.92 Å². The maximum atomic E-state index is 11.7. The Bertz CT molecular complexity index is 365. The molecule has 0 spiro atoms. The zero-order valence-corrected chi connectivity index (χ0v) is 12.8. The van der Waals surface area contributed by atoms with Crippen LogP contribution in [0.1, 0.15) is 16.2 Å². The Morgan fingerprint density at radius 2 is 2.00 bits per heavy atom. The highest BCUT2D eigenvalue weighted by molar-refractivity contribution is 5.92. The summed E-state index contributed by atoms with van der Waals surface area (Å²) >= 11 is 0. The van der Waals surface area contributed by atoms with Crippen LogP contribution in [0.4, 0.5) is 0 Å². The first-order valence-corrected chi connectivity index (χ1v) is 5.65. The lowest BCUT2D eigenvalue weighted by Gasteiger charge is -2.06. The molecular formula is C12H21Cl2N3O2. The summed E-state index contributed by atoms with van der Waals surface area (Å²) in [7, 11) is 1.66. The summed E-state index contributed by atoms with van der Waals surface area (Å²) in [5, 5.41) is 5.94. The molecule has 7 heteroatoms. The lowest BCUT2D eigenvalue weighted by molar-refractivity contribution is 0.0948. The van der Waals surface area contributed by atoms with E-state index in [1.54, 1.807) is 13.2 Å². The molecule has 0 saturated carbocycles. The van der Waals surface area contributed by atoms with E-state index in [4.69, 9.17) is 4.74 Å². The first-order chi connectivity index (χ1) is 8.24. The van der Waals surface area contributed by atoms with Crippen LogP contribution in [0.25, 0.3) is 0 Å². The molecule has 0 atom stereocenters. The number of aromatic nitrogens is 1. The van der Waals surface area contributed by atoms with E-state index in [-0.39, 0.29) is 30.7 Å². The number of methoxy groups -OCH3 is 1. The zero-order valence-electron chi connectivity index (χ0n) is 11.1. The molecule has 0 aliphatic carbocycles. The number of hydrogen-bond acceptors (Lipinski definition) is 4. The number of ether oxygens (including phenoxy) is 1. The highest BCUT2D eigenvalue weighted by Gasteiger charge is 2.05. The number of halogens is 2. The minimum Gasteiger partial charge on any atom is -0.383 e. The van der Waals surface area contributed by atoms with E-state index in [1.165, 1.54) is 0 Å². The van der Waals surface area contributed by atoms with Crippen molar-refractivity contribution >= 4 is 30.7 Å². The van der Waals surface area contributed by atoms with Gasteiger partial charge in [0.05, 0.1) is 6.61 Å². The Labute approximate surface area is 126 Å². The van der Waals surface area contributed by atoms with E-state index in [0.717, 1.165) is 18.8 Å². The number of rotatable bonds is 7. The molecule has 0 radical (unpaired) electrons. The molecule has 0 aliphatic heterocycles. The summed E-state index contributed by atoms with van der Waals surface area (Å²) in [6.07, 6.45) is 0. The second kappa shape index (κ2) is 12.2. The van der Waals surface area contributed by atoms with Crippen LogP contribution in [0.3, 0.4) is 0 Å². The maximum Gasteiger partial charge on any atom is 0.269 e. The number of carbonyl (C=O) groups is 1. The SMILES string of the molecule is COCCNCCNC(=O)c1cccc(C)n1.Cl.Cl. The molecule has 1 heterocycles. The Hall–Kier alpha value is -0.880. The van der Waals surface area contributed by atoms with Crippen LogP contribution in [0.2, 0.25) is 0 Å². The minimum absolute atomic E-state index is 0. The van der Waals surface area contributed by atoms with Crippen molar-refractivity contribution in [3.05, 3.63) is 29.6 Å². The number of pyridine rings is 1. The molecule has 2 N–H and O–H groups in total. The van der Waals surface area contributed by atoms with E-state index in [1.807, 2.05) is 19.1 Å². The summed E-state index contributed by atoms with van der Waals surface area (Å²) in [5.74, 6) is -0.137. The van der Waals surface area contributed by atoms with Gasteiger partial charge in [-0.1, -0.05) is 6.07 Å². The third kappa shape index (κ3) is 8.77. The summed E-state index contributed by atoms with van der Waals surface area (Å²) in [6.45, 7) is 4.63. The number of nitrogens with one attached hydrogen (secondary N) is 2. The Balaban J connectivity index is 0. The molecule has 1 aromatic rings. The van der Waals surface area contributed by atoms with Gasteiger partial charge in [-0.25, -0.2) is 4.98 Å². The normalized spacial score (nSPS) is 9.16. The predicted molar refractivity (Wildman–Crippen MR) is 80.5 cm³/mol. The predicted octanol–water partition coefficient (Wildman–Crippen LogP) is 1.20. The maximum absolute atomic E-state index is 11.7. The molecular weight excluding hydrogens is 289 g/mol. The molecule has 0 unspecified atom stereocenters. The molecule has 5 nitrogen and oxygen atoms in total. The third-order valence-corrected chi connectivity index (χ3v) is 2.19. The van der Waals surface area contributed by atoms with Crippen molar-refractivity contribution in [2.24, 2.45) is 0 Å². The number of aryl methyl sites for hydroxylation is 1. The fourth-order valence-electron chi connectivity index (χ4n) is 1.32. The Kier molecular flexibility index (Phi) is 13.1. The van der Waals surface area contributed by atoms with Gasteiger partial charge in [0.1, 0.15) is 5.69 Å². The van der Waals surface area contributed by atoms with Crippen LogP contribution in [0.5, 0.6) is 0 Å². The standard InChI is InChI=1S/C12H19N3O2.2ClH/c1-10-4-3-5-11(15-10)12(16)14-7-6-13-8-9-17-2;;/h3-5,13H,6-9H2,1-2H3,(H,14,16);2*1H. The molecule has 1 rings (SSSR count). The highest BCUT2D eigenvalue weighted by atomic mass is 35.5. The molecule has 0 saturated heterocycles. The number of amides is 1. The van der Waals surface area contributed by atoms with E-state index >= 15 is 0 Å². The van der Waals surface area contributed by atoms with Gasteiger partial charge in [-0.15, -0.1) is 24.8 Å². The second-order valence-electron chi connectivity index (χ2n) is 3.66. The molecule has 19 heavy (non-hydrogen) atoms. The Morgan fingerprint density at radius 3 is 2.63 bits per heavy atom. The van der Waals surface area contributed by atoms with Crippen molar-refractivity contribution in [2.75, 3.05) is 33.4 Å². The van der Waals surface area contributed by atoms with Gasteiger partial charge in [-0.05, 0) is 19.1 Å². The van der Waals surface area contributed by atoms with Gasteiger partial charge in [0, 0.05) is 32.4 Å². The monoisotopic (exact) mass is 309 g/mol. The van der Waals surface area contributed by atoms with E-state index < -0.39 is 0 Å². The smallest absolute Gasteiger partial charge is 0.269 e. The van der Waals surface area contributed by atoms with E-state index in [0.29, 0.717) is 18.8 Å². The average Bonchev–Trinajstić information content (AvgIpc) is 2.33. The van der Waals surface area contributed by atoms with E-state index in [2.05, 4.69) is 15.6 Å². The van der Waals surface area contributed by atoms with Crippen LogP contribution < -0.4 is 10.6 Å². The molecule has 1 amide bonds. The van der Waals surface area contributed by atoms with Crippen LogP contribution >= 0.6 is 24.8 Å². The van der Waals surface area contributed by atoms with Crippen LogP contribution in [-0.2, 0) is 4.74 Å². The topological polar surface area (TPSA) is 63.2 Å². The van der Waals surface area contributed by atoms with Crippen molar-refractivity contribution in [3.63, 3.8) is 0 Å². The third-order valence-electron chi connectivity index (χ3n) is 2.19. The zero-order chi connectivity index (χ0) is 12.5. The van der Waals surface area contributed by atoms with Crippen molar-refractivity contribution in [3.8, 4) is 0 Å². The Morgan fingerprint density at radius 1 is 1.26 bits per heavy atom. The minimum atomic E-state index is -0.137. The molecule has 0 aliphatic rings. The summed E-state index contributed by atoms with van der Waals surface area (Å²) in [4.78, 5) is 15.8. The van der Waals surface area contributed by atoms with Crippen LogP contribution in [0.15, 0.2) is 18.2 Å². The molecule has 1 aromatic heterocycles. The first-order valence-electron chi connectivity index (χ1n) is 5.65. The molecule has 0 bridgehead atoms. The van der Waals surface area contributed by atoms with Crippen molar-refractivity contribution < 1.29 is 9.53 Å². The highest BCUT2D eigenvalue weighted by Crippen LogP contribution is 1.97. The van der Waals surface area contributed by atoms with Gasteiger partial charge in [-0.2, -0.15) is 0 Å². The molecule has 110 valence electrons. The second-order valence-corrected chi connectivity index (χ2v) is 3.66. The average molecular weight is 310 g/mol. The molecule has 0 aromatic carbocycles. The molecule has 0 fully saturated rings. The number of nitrogens with zero attached hydrogens (tertiary/aromatic N) is 1. The van der Waals surface area contributed by atoms with Crippen molar-refractivity contribution in [1.29, 1.82) is 0 Å². The summed E-state index contributed by atoms with van der Waals surface area (Å²) in [5.41, 5.74) is 1.30. The van der Waals surface area contributed by atoms with Crippen molar-refractivity contribution in [1.82, 2.24) is 15.6 Å². The fraction of sp³-hybridized carbons (Fsp3) is 0.500. The summed E-state index contributed by atoms with van der Waals surface area (Å²) < 4.78 is 4.89. The van der Waals surface area contributed by atoms with Gasteiger partial charge in [0.25, 0.3) is 5.91 Å². The quantitative estimate of drug-likeness (QED) is 0.743. The number of carbonyl (C=O) groups excluding carboxylic acids is 1. The van der Waals surface area contributed by atoms with Gasteiger partial charge in [0.2, 0.25) is 0 Å². The number of hydrogen-bond donors (Lipinski definition) is 2. The fourth-order valence-corrected chi connectivity index (χ4v) is 1.32. The van der Waals surface area contributed by atoms with Gasteiger partial charge in [-0.3, -0.25) is 4.79 Å². The van der Waals surface area contributed by atoms with Crippen LogP contribution in [0, 0.1) is 6.92 Å². The van der Waals surface area contributed by atoms with Crippen LogP contribution in [-0.4, -0.2) is 44.2 Å². The van der Waals surface area contributed by atoms with Gasteiger partial charge < -0.3 is 15.4 Å². The van der Waals surface area contributed by atoms with Gasteiger partial charge >= 0.3 is 0 Å². The first kappa shape index (κ1) is 20.4. The lowest BCUT2D eigenvalue weighted by Crippen LogP contribution is -2.33. The largest absolute Gasteiger partial charge is 0.383 e. The summed E-state index contributed by atoms with van der Waals surface area (Å²) in [6, 6.07) is 5.40. The van der Waals surface area contributed by atoms with E-state index in [9.17, 15) is 4.79 Å².